The van der Waals surface area contributed by atoms with Crippen LogP contribution < -0.4 is 0 Å². The molecule has 0 saturated carbocycles. The van der Waals surface area contributed by atoms with Crippen LogP contribution >= 0.6 is 0 Å². The molecule has 1 aromatic heterocycles. The van der Waals surface area contributed by atoms with E-state index in [4.69, 9.17) is 9.97 Å². The molecule has 2 rings (SSSR count). The molecule has 0 spiro atoms. The average molecular weight is 232 g/mol. The van der Waals surface area contributed by atoms with E-state index in [1.807, 2.05) is 0 Å². The molecule has 0 fully saturated rings. The standard InChI is InChI=1S/C15H24N2/c1-10(2)13-11-8-6-7-9-12(11)16-14(17-13)15(3,4)5/h10H,6-9H2,1-5H3. The van der Waals surface area contributed by atoms with Crippen molar-refractivity contribution in [2.45, 2.75) is 71.6 Å². The van der Waals surface area contributed by atoms with Crippen LogP contribution in [0, 0.1) is 0 Å². The highest BCUT2D eigenvalue weighted by atomic mass is 14.9. The van der Waals surface area contributed by atoms with Gasteiger partial charge >= 0.3 is 0 Å². The molecule has 0 saturated heterocycles. The number of aromatic nitrogens is 2. The Labute approximate surface area is 105 Å². The Morgan fingerprint density at radius 1 is 1.00 bits per heavy atom. The fourth-order valence-electron chi connectivity index (χ4n) is 2.44. The van der Waals surface area contributed by atoms with Gasteiger partial charge in [-0.1, -0.05) is 34.6 Å². The summed E-state index contributed by atoms with van der Waals surface area (Å²) in [5, 5.41) is 0. The van der Waals surface area contributed by atoms with Crippen molar-refractivity contribution < 1.29 is 0 Å². The fourth-order valence-corrected chi connectivity index (χ4v) is 2.44. The van der Waals surface area contributed by atoms with Gasteiger partial charge in [-0.3, -0.25) is 0 Å². The molecule has 2 heteroatoms. The summed E-state index contributed by atoms with van der Waals surface area (Å²) in [5.41, 5.74) is 4.11. The number of rotatable bonds is 1. The van der Waals surface area contributed by atoms with E-state index in [9.17, 15) is 0 Å². The number of hydrogen-bond donors (Lipinski definition) is 0. The monoisotopic (exact) mass is 232 g/mol. The zero-order valence-corrected chi connectivity index (χ0v) is 11.8. The molecule has 0 aliphatic heterocycles. The van der Waals surface area contributed by atoms with E-state index in [-0.39, 0.29) is 5.41 Å². The predicted octanol–water partition coefficient (Wildman–Crippen LogP) is 3.78. The van der Waals surface area contributed by atoms with Crippen LogP contribution in [-0.2, 0) is 18.3 Å². The molecule has 1 aromatic rings. The van der Waals surface area contributed by atoms with Crippen LogP contribution in [0.5, 0.6) is 0 Å². The van der Waals surface area contributed by atoms with E-state index in [1.165, 1.54) is 36.2 Å². The van der Waals surface area contributed by atoms with E-state index in [2.05, 4.69) is 34.6 Å². The largest absolute Gasteiger partial charge is 0.237 e. The molecule has 0 amide bonds. The third-order valence-electron chi connectivity index (χ3n) is 3.43. The molecular formula is C15H24N2. The second-order valence-electron chi connectivity index (χ2n) is 6.47. The summed E-state index contributed by atoms with van der Waals surface area (Å²) in [4.78, 5) is 9.66. The van der Waals surface area contributed by atoms with Crippen molar-refractivity contribution in [2.24, 2.45) is 0 Å². The summed E-state index contributed by atoms with van der Waals surface area (Å²) in [6.07, 6.45) is 4.89. The Balaban J connectivity index is 2.56. The van der Waals surface area contributed by atoms with Crippen LogP contribution in [0.3, 0.4) is 0 Å². The lowest BCUT2D eigenvalue weighted by Gasteiger charge is -2.25. The Hall–Kier alpha value is -0.920. The first kappa shape index (κ1) is 12.5. The first-order valence-corrected chi connectivity index (χ1v) is 6.79. The highest BCUT2D eigenvalue weighted by Crippen LogP contribution is 2.29. The molecule has 0 N–H and O–H groups in total. The molecule has 0 unspecified atom stereocenters. The maximum atomic E-state index is 4.85. The van der Waals surface area contributed by atoms with E-state index >= 15 is 0 Å². The second-order valence-corrected chi connectivity index (χ2v) is 6.47. The van der Waals surface area contributed by atoms with Crippen molar-refractivity contribution in [1.82, 2.24) is 9.97 Å². The maximum Gasteiger partial charge on any atom is 0.134 e. The summed E-state index contributed by atoms with van der Waals surface area (Å²) in [6.45, 7) is 11.1. The number of hydrogen-bond acceptors (Lipinski definition) is 2. The van der Waals surface area contributed by atoms with Crippen LogP contribution in [-0.4, -0.2) is 9.97 Å². The van der Waals surface area contributed by atoms with E-state index in [1.54, 1.807) is 0 Å². The Bertz CT molecular complexity index is 414. The Morgan fingerprint density at radius 2 is 1.65 bits per heavy atom. The van der Waals surface area contributed by atoms with Gasteiger partial charge in [-0.2, -0.15) is 0 Å². The molecule has 0 bridgehead atoms. The van der Waals surface area contributed by atoms with Crippen molar-refractivity contribution in [3.63, 3.8) is 0 Å². The molecule has 0 radical (unpaired) electrons. The van der Waals surface area contributed by atoms with Gasteiger partial charge in [-0.15, -0.1) is 0 Å². The molecule has 17 heavy (non-hydrogen) atoms. The predicted molar refractivity (Wildman–Crippen MR) is 71.5 cm³/mol. The van der Waals surface area contributed by atoms with Crippen LogP contribution in [0.15, 0.2) is 0 Å². The van der Waals surface area contributed by atoms with Gasteiger partial charge in [0, 0.05) is 11.1 Å². The number of fused-ring (bicyclic) bond motifs is 1. The summed E-state index contributed by atoms with van der Waals surface area (Å²) in [6, 6.07) is 0. The number of aryl methyl sites for hydroxylation is 1. The van der Waals surface area contributed by atoms with Gasteiger partial charge < -0.3 is 0 Å². The zero-order chi connectivity index (χ0) is 12.6. The molecule has 1 aliphatic rings. The van der Waals surface area contributed by atoms with Crippen LogP contribution in [0.4, 0.5) is 0 Å². The molecular weight excluding hydrogens is 208 g/mol. The SMILES string of the molecule is CC(C)c1nc(C(C)(C)C)nc2c1CCCC2. The highest BCUT2D eigenvalue weighted by Gasteiger charge is 2.24. The van der Waals surface area contributed by atoms with E-state index in [0.29, 0.717) is 5.92 Å². The highest BCUT2D eigenvalue weighted by molar-refractivity contribution is 5.31. The summed E-state index contributed by atoms with van der Waals surface area (Å²) in [7, 11) is 0. The first-order chi connectivity index (χ1) is 7.89. The van der Waals surface area contributed by atoms with Gasteiger partial charge in [0.2, 0.25) is 0 Å². The number of nitrogens with zero attached hydrogens (tertiary/aromatic N) is 2. The van der Waals surface area contributed by atoms with Crippen molar-refractivity contribution in [3.05, 3.63) is 22.8 Å². The minimum Gasteiger partial charge on any atom is -0.237 e. The van der Waals surface area contributed by atoms with Gasteiger partial charge in [0.15, 0.2) is 0 Å². The zero-order valence-electron chi connectivity index (χ0n) is 11.8. The summed E-state index contributed by atoms with van der Waals surface area (Å²) >= 11 is 0. The Morgan fingerprint density at radius 3 is 2.24 bits per heavy atom. The normalized spacial score (nSPS) is 16.1. The molecule has 94 valence electrons. The maximum absolute atomic E-state index is 4.85. The smallest absolute Gasteiger partial charge is 0.134 e. The molecule has 1 aliphatic carbocycles. The molecule has 0 atom stereocenters. The van der Waals surface area contributed by atoms with Gasteiger partial charge in [0.05, 0.1) is 5.69 Å². The average Bonchev–Trinajstić information content (AvgIpc) is 2.26. The second kappa shape index (κ2) is 4.40. The lowest BCUT2D eigenvalue weighted by molar-refractivity contribution is 0.522. The van der Waals surface area contributed by atoms with Crippen LogP contribution in [0.25, 0.3) is 0 Å². The minimum atomic E-state index is 0.0517. The van der Waals surface area contributed by atoms with Gasteiger partial charge in [0.25, 0.3) is 0 Å². The first-order valence-electron chi connectivity index (χ1n) is 6.79. The van der Waals surface area contributed by atoms with E-state index in [0.717, 1.165) is 12.2 Å². The van der Waals surface area contributed by atoms with Crippen LogP contribution in [0.1, 0.15) is 76.2 Å². The topological polar surface area (TPSA) is 25.8 Å². The summed E-state index contributed by atoms with van der Waals surface area (Å²) in [5.74, 6) is 1.52. The third-order valence-corrected chi connectivity index (χ3v) is 3.43. The lowest BCUT2D eigenvalue weighted by Crippen LogP contribution is -2.22. The van der Waals surface area contributed by atoms with Gasteiger partial charge in [0.1, 0.15) is 5.82 Å². The molecule has 2 nitrogen and oxygen atoms in total. The molecule has 1 heterocycles. The van der Waals surface area contributed by atoms with Crippen molar-refractivity contribution in [1.29, 1.82) is 0 Å². The Kier molecular flexibility index (Phi) is 3.24. The summed E-state index contributed by atoms with van der Waals surface area (Å²) < 4.78 is 0. The molecule has 0 aromatic carbocycles. The minimum absolute atomic E-state index is 0.0517. The third kappa shape index (κ3) is 2.51. The van der Waals surface area contributed by atoms with E-state index < -0.39 is 0 Å². The fraction of sp³-hybridized carbons (Fsp3) is 0.733. The van der Waals surface area contributed by atoms with Crippen LogP contribution in [0.2, 0.25) is 0 Å². The van der Waals surface area contributed by atoms with Crippen molar-refractivity contribution in [3.8, 4) is 0 Å². The van der Waals surface area contributed by atoms with Gasteiger partial charge in [-0.05, 0) is 37.2 Å². The van der Waals surface area contributed by atoms with Gasteiger partial charge in [-0.25, -0.2) is 9.97 Å². The quantitative estimate of drug-likeness (QED) is 0.736. The van der Waals surface area contributed by atoms with Crippen molar-refractivity contribution >= 4 is 0 Å². The lowest BCUT2D eigenvalue weighted by atomic mass is 9.89. The van der Waals surface area contributed by atoms with Crippen molar-refractivity contribution in [2.75, 3.05) is 0 Å².